The van der Waals surface area contributed by atoms with Gasteiger partial charge < -0.3 is 5.41 Å². The van der Waals surface area contributed by atoms with Crippen molar-refractivity contribution >= 4 is 11.5 Å². The predicted molar refractivity (Wildman–Crippen MR) is 70.0 cm³/mol. The van der Waals surface area contributed by atoms with Gasteiger partial charge in [0.1, 0.15) is 5.78 Å². The van der Waals surface area contributed by atoms with Gasteiger partial charge in [0.15, 0.2) is 0 Å². The van der Waals surface area contributed by atoms with E-state index in [4.69, 9.17) is 5.41 Å². The molecule has 90 valence electrons. The number of allylic oxidation sites excluding steroid dienone is 3. The molecule has 0 aliphatic carbocycles. The van der Waals surface area contributed by atoms with Crippen LogP contribution in [0.5, 0.6) is 0 Å². The monoisotopic (exact) mass is 221 g/mol. The molecule has 1 N–H and O–H groups in total. The minimum Gasteiger partial charge on any atom is -0.301 e. The number of carbonyl (C=O) groups excluding carboxylic acids is 1. The Morgan fingerprint density at radius 2 is 1.94 bits per heavy atom. The Bertz CT molecular complexity index is 313. The molecule has 2 heteroatoms. The van der Waals surface area contributed by atoms with E-state index >= 15 is 0 Å². The lowest BCUT2D eigenvalue weighted by Crippen LogP contribution is -2.05. The maximum absolute atomic E-state index is 11.0. The van der Waals surface area contributed by atoms with E-state index in [0.29, 0.717) is 5.71 Å². The zero-order valence-corrected chi connectivity index (χ0v) is 10.9. The fourth-order valence-corrected chi connectivity index (χ4v) is 1.33. The number of rotatable bonds is 7. The standard InChI is InChI=1S/C14H23NO/c1-10(2)14(15)9-11(3)7-6-8-12(4)13(5)16/h9,12,15H,1,6-8H2,2-5H3. The van der Waals surface area contributed by atoms with E-state index in [9.17, 15) is 4.79 Å². The Balaban J connectivity index is 3.99. The molecule has 0 aliphatic rings. The zero-order chi connectivity index (χ0) is 12.7. The Morgan fingerprint density at radius 3 is 2.38 bits per heavy atom. The molecule has 0 spiro atoms. The van der Waals surface area contributed by atoms with E-state index in [-0.39, 0.29) is 11.7 Å². The molecule has 16 heavy (non-hydrogen) atoms. The predicted octanol–water partition coefficient (Wildman–Crippen LogP) is 3.92. The number of hydrogen-bond acceptors (Lipinski definition) is 2. The lowest BCUT2D eigenvalue weighted by atomic mass is 9.98. The smallest absolute Gasteiger partial charge is 0.132 e. The lowest BCUT2D eigenvalue weighted by molar-refractivity contribution is -0.120. The van der Waals surface area contributed by atoms with E-state index in [0.717, 1.165) is 24.8 Å². The van der Waals surface area contributed by atoms with Crippen LogP contribution >= 0.6 is 0 Å². The first-order valence-corrected chi connectivity index (χ1v) is 5.76. The molecule has 2 nitrogen and oxygen atoms in total. The molecule has 1 atom stereocenters. The van der Waals surface area contributed by atoms with Crippen LogP contribution in [-0.4, -0.2) is 11.5 Å². The summed E-state index contributed by atoms with van der Waals surface area (Å²) in [5, 5.41) is 7.63. The Kier molecular flexibility index (Phi) is 6.63. The number of Topliss-reactive ketones (excluding diaryl/α,β-unsaturated/α-hetero) is 1. The van der Waals surface area contributed by atoms with Crippen LogP contribution < -0.4 is 0 Å². The number of nitrogens with one attached hydrogen (secondary N) is 1. The first kappa shape index (κ1) is 14.8. The largest absolute Gasteiger partial charge is 0.301 e. The first-order valence-electron chi connectivity index (χ1n) is 5.76. The van der Waals surface area contributed by atoms with Gasteiger partial charge >= 0.3 is 0 Å². The van der Waals surface area contributed by atoms with Crippen LogP contribution in [0.4, 0.5) is 0 Å². The second-order valence-electron chi connectivity index (χ2n) is 4.59. The SMILES string of the molecule is C=C(C)C(=N)C=C(C)CCCC(C)C(C)=O. The van der Waals surface area contributed by atoms with Crippen molar-refractivity contribution in [3.05, 3.63) is 23.8 Å². The Hall–Kier alpha value is -1.18. The summed E-state index contributed by atoms with van der Waals surface area (Å²) in [5.74, 6) is 0.421. The van der Waals surface area contributed by atoms with Crippen molar-refractivity contribution < 1.29 is 4.79 Å². The third-order valence-corrected chi connectivity index (χ3v) is 2.75. The van der Waals surface area contributed by atoms with Crippen molar-refractivity contribution in [2.24, 2.45) is 5.92 Å². The highest BCUT2D eigenvalue weighted by Crippen LogP contribution is 2.13. The molecule has 0 rings (SSSR count). The molecule has 0 amide bonds. The quantitative estimate of drug-likeness (QED) is 0.650. The molecular weight excluding hydrogens is 198 g/mol. The van der Waals surface area contributed by atoms with Crippen LogP contribution in [0.25, 0.3) is 0 Å². The summed E-state index contributed by atoms with van der Waals surface area (Å²) >= 11 is 0. The molecule has 0 aliphatic heterocycles. The summed E-state index contributed by atoms with van der Waals surface area (Å²) in [6, 6.07) is 0. The van der Waals surface area contributed by atoms with Gasteiger partial charge in [0.05, 0.1) is 5.71 Å². The molecule has 0 fully saturated rings. The maximum Gasteiger partial charge on any atom is 0.132 e. The van der Waals surface area contributed by atoms with Gasteiger partial charge in [-0.15, -0.1) is 0 Å². The van der Waals surface area contributed by atoms with Gasteiger partial charge in [-0.25, -0.2) is 0 Å². The Morgan fingerprint density at radius 1 is 1.38 bits per heavy atom. The van der Waals surface area contributed by atoms with Crippen molar-refractivity contribution in [2.45, 2.75) is 47.0 Å². The van der Waals surface area contributed by atoms with E-state index in [1.54, 1.807) is 6.92 Å². The molecule has 0 radical (unpaired) electrons. The van der Waals surface area contributed by atoms with Gasteiger partial charge in [-0.1, -0.05) is 19.1 Å². The van der Waals surface area contributed by atoms with Crippen LogP contribution in [-0.2, 0) is 4.79 Å². The molecule has 0 heterocycles. The minimum absolute atomic E-state index is 0.161. The molecule has 0 bridgehead atoms. The molecule has 0 aromatic heterocycles. The summed E-state index contributed by atoms with van der Waals surface area (Å²) in [4.78, 5) is 11.0. The van der Waals surface area contributed by atoms with Crippen LogP contribution in [0, 0.1) is 11.3 Å². The van der Waals surface area contributed by atoms with Crippen LogP contribution in [0.2, 0.25) is 0 Å². The van der Waals surface area contributed by atoms with Gasteiger partial charge in [-0.2, -0.15) is 0 Å². The summed E-state index contributed by atoms with van der Waals surface area (Å²) < 4.78 is 0. The molecular formula is C14H23NO. The van der Waals surface area contributed by atoms with Crippen LogP contribution in [0.15, 0.2) is 23.8 Å². The Labute approximate surface area is 99.0 Å². The van der Waals surface area contributed by atoms with E-state index in [1.165, 1.54) is 5.57 Å². The lowest BCUT2D eigenvalue weighted by Gasteiger charge is -2.07. The summed E-state index contributed by atoms with van der Waals surface area (Å²) in [7, 11) is 0. The average Bonchev–Trinajstić information content (AvgIpc) is 2.16. The zero-order valence-electron chi connectivity index (χ0n) is 10.9. The maximum atomic E-state index is 11.0. The van der Waals surface area contributed by atoms with Gasteiger partial charge in [0, 0.05) is 5.92 Å². The average molecular weight is 221 g/mol. The van der Waals surface area contributed by atoms with Crippen LogP contribution in [0.1, 0.15) is 47.0 Å². The molecule has 0 aromatic carbocycles. The highest BCUT2D eigenvalue weighted by Gasteiger charge is 2.06. The van der Waals surface area contributed by atoms with E-state index < -0.39 is 0 Å². The van der Waals surface area contributed by atoms with Crippen LogP contribution in [0.3, 0.4) is 0 Å². The molecule has 1 unspecified atom stereocenters. The van der Waals surface area contributed by atoms with E-state index in [1.807, 2.05) is 26.8 Å². The second-order valence-corrected chi connectivity index (χ2v) is 4.59. The van der Waals surface area contributed by atoms with Gasteiger partial charge in [-0.05, 0) is 51.7 Å². The highest BCUT2D eigenvalue weighted by atomic mass is 16.1. The number of carbonyl (C=O) groups is 1. The number of ketones is 1. The topological polar surface area (TPSA) is 40.9 Å². The van der Waals surface area contributed by atoms with Gasteiger partial charge in [0.2, 0.25) is 0 Å². The van der Waals surface area contributed by atoms with Crippen molar-refractivity contribution in [3.63, 3.8) is 0 Å². The molecule has 0 saturated heterocycles. The summed E-state index contributed by atoms with van der Waals surface area (Å²) in [6.45, 7) is 11.2. The van der Waals surface area contributed by atoms with Gasteiger partial charge in [0.25, 0.3) is 0 Å². The van der Waals surface area contributed by atoms with E-state index in [2.05, 4.69) is 6.58 Å². The van der Waals surface area contributed by atoms with Gasteiger partial charge in [-0.3, -0.25) is 4.79 Å². The molecule has 0 saturated carbocycles. The summed E-state index contributed by atoms with van der Waals surface area (Å²) in [6.07, 6.45) is 4.75. The minimum atomic E-state index is 0.161. The van der Waals surface area contributed by atoms with Crippen molar-refractivity contribution in [3.8, 4) is 0 Å². The first-order chi connectivity index (χ1) is 7.34. The fraction of sp³-hybridized carbons (Fsp3) is 0.571. The van der Waals surface area contributed by atoms with Crippen molar-refractivity contribution in [1.82, 2.24) is 0 Å². The summed E-state index contributed by atoms with van der Waals surface area (Å²) in [5.41, 5.74) is 2.47. The highest BCUT2D eigenvalue weighted by molar-refractivity contribution is 6.05. The molecule has 0 aromatic rings. The van der Waals surface area contributed by atoms with Crippen molar-refractivity contribution in [2.75, 3.05) is 0 Å². The number of hydrogen-bond donors (Lipinski definition) is 1. The second kappa shape index (κ2) is 7.15. The third kappa shape index (κ3) is 6.33. The normalized spacial score (nSPS) is 13.4. The van der Waals surface area contributed by atoms with Crippen molar-refractivity contribution in [1.29, 1.82) is 5.41 Å². The fourth-order valence-electron chi connectivity index (χ4n) is 1.33. The third-order valence-electron chi connectivity index (χ3n) is 2.75.